The fourth-order valence-corrected chi connectivity index (χ4v) is 1.81. The Morgan fingerprint density at radius 1 is 1.38 bits per heavy atom. The molecule has 1 fully saturated rings. The van der Waals surface area contributed by atoms with Crippen molar-refractivity contribution in [3.8, 4) is 6.07 Å². The third kappa shape index (κ3) is 1.99. The van der Waals surface area contributed by atoms with E-state index in [9.17, 15) is 0 Å². The van der Waals surface area contributed by atoms with Gasteiger partial charge in [0, 0.05) is 6.54 Å². The minimum absolute atomic E-state index is 0.631. The first-order valence-corrected chi connectivity index (χ1v) is 5.70. The van der Waals surface area contributed by atoms with Gasteiger partial charge >= 0.3 is 0 Å². The molecule has 0 spiro atoms. The Morgan fingerprint density at radius 2 is 2.12 bits per heavy atom. The molecule has 0 saturated heterocycles. The molecular formula is C12H16N4. The lowest BCUT2D eigenvalue weighted by molar-refractivity contribution is 0.333. The van der Waals surface area contributed by atoms with Crippen LogP contribution in [0.4, 0.5) is 5.82 Å². The van der Waals surface area contributed by atoms with Gasteiger partial charge in [-0.15, -0.1) is 5.10 Å². The van der Waals surface area contributed by atoms with Gasteiger partial charge in [0.15, 0.2) is 5.82 Å². The van der Waals surface area contributed by atoms with Crippen LogP contribution in [0.2, 0.25) is 0 Å². The van der Waals surface area contributed by atoms with Crippen molar-refractivity contribution in [2.45, 2.75) is 33.1 Å². The predicted molar refractivity (Wildman–Crippen MR) is 62.1 cm³/mol. The van der Waals surface area contributed by atoms with Gasteiger partial charge in [0.2, 0.25) is 0 Å². The van der Waals surface area contributed by atoms with Crippen LogP contribution < -0.4 is 5.32 Å². The number of hydrogen-bond donors (Lipinski definition) is 1. The van der Waals surface area contributed by atoms with Gasteiger partial charge in [-0.25, -0.2) is 0 Å². The highest BCUT2D eigenvalue weighted by Crippen LogP contribution is 2.27. The van der Waals surface area contributed by atoms with Crippen LogP contribution in [0, 0.1) is 31.1 Å². The molecule has 1 aromatic heterocycles. The van der Waals surface area contributed by atoms with Crippen molar-refractivity contribution in [1.29, 1.82) is 5.26 Å². The van der Waals surface area contributed by atoms with E-state index in [-0.39, 0.29) is 0 Å². The van der Waals surface area contributed by atoms with Crippen molar-refractivity contribution in [3.63, 3.8) is 0 Å². The summed E-state index contributed by atoms with van der Waals surface area (Å²) in [6.45, 7) is 4.70. The van der Waals surface area contributed by atoms with E-state index in [0.717, 1.165) is 23.7 Å². The summed E-state index contributed by atoms with van der Waals surface area (Å²) in [6, 6.07) is 2.20. The molecule has 1 N–H and O–H groups in total. The number of hydrogen-bond acceptors (Lipinski definition) is 4. The van der Waals surface area contributed by atoms with Gasteiger partial charge in [0.05, 0.1) is 5.69 Å². The Labute approximate surface area is 95.7 Å². The molecule has 4 heteroatoms. The number of aromatic nitrogens is 2. The second kappa shape index (κ2) is 4.48. The maximum absolute atomic E-state index is 9.10. The Hall–Kier alpha value is -1.63. The summed E-state index contributed by atoms with van der Waals surface area (Å²) in [7, 11) is 0. The summed E-state index contributed by atoms with van der Waals surface area (Å²) < 4.78 is 0. The molecular weight excluding hydrogens is 200 g/mol. The second-order valence-corrected chi connectivity index (χ2v) is 4.42. The lowest BCUT2D eigenvalue weighted by Crippen LogP contribution is -2.22. The van der Waals surface area contributed by atoms with Gasteiger partial charge in [0.1, 0.15) is 11.6 Å². The van der Waals surface area contributed by atoms with E-state index in [1.807, 2.05) is 13.8 Å². The van der Waals surface area contributed by atoms with Crippen LogP contribution in [0.3, 0.4) is 0 Å². The number of aryl methyl sites for hydroxylation is 1. The zero-order chi connectivity index (χ0) is 11.5. The number of anilines is 1. The first kappa shape index (κ1) is 10.9. The molecule has 16 heavy (non-hydrogen) atoms. The van der Waals surface area contributed by atoms with Gasteiger partial charge in [0.25, 0.3) is 0 Å². The molecule has 1 heterocycles. The molecule has 4 nitrogen and oxygen atoms in total. The van der Waals surface area contributed by atoms with Crippen LogP contribution >= 0.6 is 0 Å². The average molecular weight is 216 g/mol. The number of rotatable bonds is 3. The van der Waals surface area contributed by atoms with Crippen LogP contribution in [0.25, 0.3) is 0 Å². The summed E-state index contributed by atoms with van der Waals surface area (Å²) >= 11 is 0. The highest BCUT2D eigenvalue weighted by Gasteiger charge is 2.18. The third-order valence-electron chi connectivity index (χ3n) is 3.35. The zero-order valence-corrected chi connectivity index (χ0v) is 9.75. The maximum atomic E-state index is 9.10. The summed E-state index contributed by atoms with van der Waals surface area (Å²) in [4.78, 5) is 0. The fourth-order valence-electron chi connectivity index (χ4n) is 1.81. The van der Waals surface area contributed by atoms with Gasteiger partial charge in [-0.05, 0) is 38.2 Å². The molecule has 0 bridgehead atoms. The quantitative estimate of drug-likeness (QED) is 0.841. The lowest BCUT2D eigenvalue weighted by atomic mass is 9.85. The smallest absolute Gasteiger partial charge is 0.166 e. The summed E-state index contributed by atoms with van der Waals surface area (Å²) in [5.41, 5.74) is 2.38. The minimum Gasteiger partial charge on any atom is -0.367 e. The van der Waals surface area contributed by atoms with E-state index < -0.39 is 0 Å². The molecule has 84 valence electrons. The van der Waals surface area contributed by atoms with E-state index in [1.54, 1.807) is 0 Å². The molecule has 0 aromatic carbocycles. The Morgan fingerprint density at radius 3 is 2.69 bits per heavy atom. The van der Waals surface area contributed by atoms with Gasteiger partial charge in [-0.2, -0.15) is 10.4 Å². The average Bonchev–Trinajstić information content (AvgIpc) is 2.21. The Bertz CT molecular complexity index is 429. The van der Waals surface area contributed by atoms with Crippen molar-refractivity contribution in [2.75, 3.05) is 11.9 Å². The van der Waals surface area contributed by atoms with E-state index in [2.05, 4.69) is 21.6 Å². The molecule has 0 aliphatic heterocycles. The highest BCUT2D eigenvalue weighted by molar-refractivity contribution is 5.55. The van der Waals surface area contributed by atoms with E-state index in [4.69, 9.17) is 5.26 Å². The molecule has 1 aromatic rings. The Balaban J connectivity index is 2.13. The SMILES string of the molecule is Cc1nnc(NCC2CCC2)c(C#N)c1C. The molecule has 0 atom stereocenters. The lowest BCUT2D eigenvalue weighted by Gasteiger charge is -2.25. The molecule has 1 saturated carbocycles. The Kier molecular flexibility index (Phi) is 3.04. The number of nitrogens with zero attached hydrogens (tertiary/aromatic N) is 3. The van der Waals surface area contributed by atoms with Crippen LogP contribution in [0.15, 0.2) is 0 Å². The standard InChI is InChI=1S/C12H16N4/c1-8-9(2)15-16-12(11(8)6-13)14-7-10-4-3-5-10/h10H,3-5,7H2,1-2H3,(H,14,16). The zero-order valence-electron chi connectivity index (χ0n) is 9.75. The normalized spacial score (nSPS) is 15.3. The van der Waals surface area contributed by atoms with E-state index in [0.29, 0.717) is 11.4 Å². The van der Waals surface area contributed by atoms with Crippen molar-refractivity contribution in [2.24, 2.45) is 5.92 Å². The van der Waals surface area contributed by atoms with E-state index >= 15 is 0 Å². The minimum atomic E-state index is 0.631. The monoisotopic (exact) mass is 216 g/mol. The fraction of sp³-hybridized carbons (Fsp3) is 0.583. The highest BCUT2D eigenvalue weighted by atomic mass is 15.2. The predicted octanol–water partition coefficient (Wildman–Crippen LogP) is 2.18. The first-order chi connectivity index (χ1) is 7.72. The van der Waals surface area contributed by atoms with Crippen LogP contribution in [0.5, 0.6) is 0 Å². The van der Waals surface area contributed by atoms with Crippen LogP contribution in [-0.4, -0.2) is 16.7 Å². The van der Waals surface area contributed by atoms with Crippen molar-refractivity contribution in [3.05, 3.63) is 16.8 Å². The van der Waals surface area contributed by atoms with Crippen molar-refractivity contribution >= 4 is 5.82 Å². The third-order valence-corrected chi connectivity index (χ3v) is 3.35. The first-order valence-electron chi connectivity index (χ1n) is 5.70. The summed E-state index contributed by atoms with van der Waals surface area (Å²) in [5, 5.41) is 20.4. The summed E-state index contributed by atoms with van der Waals surface area (Å²) in [6.07, 6.45) is 3.90. The largest absolute Gasteiger partial charge is 0.367 e. The topological polar surface area (TPSA) is 61.6 Å². The summed E-state index contributed by atoms with van der Waals surface area (Å²) in [5.74, 6) is 1.38. The van der Waals surface area contributed by atoms with Gasteiger partial charge < -0.3 is 5.32 Å². The second-order valence-electron chi connectivity index (χ2n) is 4.42. The number of nitriles is 1. The maximum Gasteiger partial charge on any atom is 0.166 e. The van der Waals surface area contributed by atoms with Crippen LogP contribution in [-0.2, 0) is 0 Å². The molecule has 0 unspecified atom stereocenters. The molecule has 0 radical (unpaired) electrons. The number of nitrogens with one attached hydrogen (secondary N) is 1. The van der Waals surface area contributed by atoms with E-state index in [1.165, 1.54) is 19.3 Å². The molecule has 1 aliphatic rings. The molecule has 0 amide bonds. The molecule has 1 aliphatic carbocycles. The van der Waals surface area contributed by atoms with Crippen LogP contribution in [0.1, 0.15) is 36.1 Å². The molecule has 2 rings (SSSR count). The van der Waals surface area contributed by atoms with Gasteiger partial charge in [-0.1, -0.05) is 6.42 Å². The van der Waals surface area contributed by atoms with Gasteiger partial charge in [-0.3, -0.25) is 0 Å². The van der Waals surface area contributed by atoms with Crippen molar-refractivity contribution < 1.29 is 0 Å². The van der Waals surface area contributed by atoms with Crippen molar-refractivity contribution in [1.82, 2.24) is 10.2 Å².